The van der Waals surface area contributed by atoms with Gasteiger partial charge in [0, 0.05) is 12.7 Å². The van der Waals surface area contributed by atoms with Crippen LogP contribution in [0.2, 0.25) is 0 Å². The number of aryl methyl sites for hydroxylation is 1. The van der Waals surface area contributed by atoms with Crippen molar-refractivity contribution in [1.29, 1.82) is 0 Å². The predicted molar refractivity (Wildman–Crippen MR) is 78.4 cm³/mol. The summed E-state index contributed by atoms with van der Waals surface area (Å²) >= 11 is 3.33. The van der Waals surface area contributed by atoms with Crippen molar-refractivity contribution >= 4 is 27.8 Å². The Labute approximate surface area is 116 Å². The first-order valence-corrected chi connectivity index (χ1v) is 7.99. The molecule has 18 heavy (non-hydrogen) atoms. The maximum atomic E-state index is 4.40. The van der Waals surface area contributed by atoms with Gasteiger partial charge in [0.1, 0.15) is 0 Å². The van der Waals surface area contributed by atoms with Crippen molar-refractivity contribution in [3.05, 3.63) is 11.2 Å². The highest BCUT2D eigenvalue weighted by Crippen LogP contribution is 2.31. The number of aromatic nitrogens is 3. The fourth-order valence-corrected chi connectivity index (χ4v) is 3.33. The molecule has 0 saturated carbocycles. The van der Waals surface area contributed by atoms with E-state index >= 15 is 0 Å². The second kappa shape index (κ2) is 6.80. The molecule has 6 heteroatoms. The van der Waals surface area contributed by atoms with Gasteiger partial charge in [0.2, 0.25) is 5.13 Å². The number of unbranched alkanes of at least 4 members (excludes halogenated alkanes) is 1. The van der Waals surface area contributed by atoms with Crippen LogP contribution in [0.15, 0.2) is 6.20 Å². The third-order valence-corrected chi connectivity index (χ3v) is 4.57. The largest absolute Gasteiger partial charge is 0.360 e. The monoisotopic (exact) mass is 282 g/mol. The van der Waals surface area contributed by atoms with Crippen LogP contribution in [-0.2, 0) is 6.42 Å². The molecule has 0 bridgehead atoms. The molecule has 0 aliphatic rings. The summed E-state index contributed by atoms with van der Waals surface area (Å²) < 4.78 is 0. The minimum absolute atomic E-state index is 0.906. The maximum Gasteiger partial charge on any atom is 0.206 e. The van der Waals surface area contributed by atoms with Gasteiger partial charge in [-0.1, -0.05) is 31.6 Å². The molecule has 1 N–H and O–H groups in total. The highest BCUT2D eigenvalue weighted by Gasteiger charge is 2.09. The van der Waals surface area contributed by atoms with E-state index in [1.807, 2.05) is 6.20 Å². The smallest absolute Gasteiger partial charge is 0.206 e. The number of nitrogens with one attached hydrogen (secondary N) is 1. The molecule has 2 aromatic heterocycles. The second-order valence-corrected chi connectivity index (χ2v) is 6.15. The van der Waals surface area contributed by atoms with E-state index in [1.54, 1.807) is 22.7 Å². The van der Waals surface area contributed by atoms with Gasteiger partial charge in [-0.25, -0.2) is 4.98 Å². The van der Waals surface area contributed by atoms with E-state index in [0.29, 0.717) is 0 Å². The van der Waals surface area contributed by atoms with Crippen molar-refractivity contribution in [2.45, 2.75) is 39.5 Å². The van der Waals surface area contributed by atoms with E-state index in [1.165, 1.54) is 11.4 Å². The molecule has 0 atom stereocenters. The van der Waals surface area contributed by atoms with Gasteiger partial charge in [0.25, 0.3) is 0 Å². The van der Waals surface area contributed by atoms with E-state index in [4.69, 9.17) is 0 Å². The maximum absolute atomic E-state index is 4.40. The lowest BCUT2D eigenvalue weighted by Gasteiger charge is -1.97. The summed E-state index contributed by atoms with van der Waals surface area (Å²) in [5, 5.41) is 14.7. The summed E-state index contributed by atoms with van der Waals surface area (Å²) in [7, 11) is 0. The molecule has 0 fully saturated rings. The average molecular weight is 282 g/mol. The lowest BCUT2D eigenvalue weighted by Crippen LogP contribution is -1.99. The van der Waals surface area contributed by atoms with Gasteiger partial charge >= 0.3 is 0 Å². The van der Waals surface area contributed by atoms with Gasteiger partial charge in [-0.3, -0.25) is 0 Å². The number of rotatable bonds is 7. The van der Waals surface area contributed by atoms with Gasteiger partial charge in [-0.2, -0.15) is 0 Å². The van der Waals surface area contributed by atoms with Crippen LogP contribution in [0, 0.1) is 0 Å². The number of hydrogen-bond donors (Lipinski definition) is 1. The van der Waals surface area contributed by atoms with Gasteiger partial charge in [0.15, 0.2) is 5.01 Å². The van der Waals surface area contributed by atoms with E-state index in [0.717, 1.165) is 40.8 Å². The van der Waals surface area contributed by atoms with Crippen LogP contribution in [0.1, 0.15) is 38.1 Å². The molecule has 0 saturated heterocycles. The van der Waals surface area contributed by atoms with Crippen molar-refractivity contribution in [2.24, 2.45) is 0 Å². The Morgan fingerprint density at radius 1 is 1.17 bits per heavy atom. The zero-order chi connectivity index (χ0) is 12.8. The van der Waals surface area contributed by atoms with E-state index in [2.05, 4.69) is 34.3 Å². The zero-order valence-corrected chi connectivity index (χ0v) is 12.4. The molecular weight excluding hydrogens is 264 g/mol. The Balaban J connectivity index is 1.99. The molecule has 2 heterocycles. The van der Waals surface area contributed by atoms with Crippen molar-refractivity contribution in [1.82, 2.24) is 15.2 Å². The topological polar surface area (TPSA) is 50.7 Å². The first-order valence-electron chi connectivity index (χ1n) is 6.36. The third kappa shape index (κ3) is 3.49. The molecule has 4 nitrogen and oxygen atoms in total. The highest BCUT2D eigenvalue weighted by molar-refractivity contribution is 7.23. The summed E-state index contributed by atoms with van der Waals surface area (Å²) in [5.41, 5.74) is 0. The van der Waals surface area contributed by atoms with Crippen LogP contribution < -0.4 is 5.32 Å². The third-order valence-electron chi connectivity index (χ3n) is 2.46. The summed E-state index contributed by atoms with van der Waals surface area (Å²) in [5.74, 6) is 0. The molecule has 2 aromatic rings. The summed E-state index contributed by atoms with van der Waals surface area (Å²) in [6.45, 7) is 5.32. The minimum atomic E-state index is 0.906. The van der Waals surface area contributed by atoms with Crippen molar-refractivity contribution < 1.29 is 0 Å². The Morgan fingerprint density at radius 3 is 2.83 bits per heavy atom. The van der Waals surface area contributed by atoms with Crippen LogP contribution in [0.4, 0.5) is 5.13 Å². The molecule has 0 spiro atoms. The summed E-state index contributed by atoms with van der Waals surface area (Å²) in [6, 6.07) is 0. The summed E-state index contributed by atoms with van der Waals surface area (Å²) in [4.78, 5) is 5.53. The molecule has 0 amide bonds. The van der Waals surface area contributed by atoms with Gasteiger partial charge in [-0.05, 0) is 19.3 Å². The number of nitrogens with zero attached hydrogens (tertiary/aromatic N) is 3. The first-order chi connectivity index (χ1) is 8.83. The molecule has 0 unspecified atom stereocenters. The molecule has 0 radical (unpaired) electrons. The molecule has 0 aliphatic heterocycles. The fraction of sp³-hybridized carbons (Fsp3) is 0.583. The quantitative estimate of drug-likeness (QED) is 0.784. The zero-order valence-electron chi connectivity index (χ0n) is 10.8. The Morgan fingerprint density at radius 2 is 2.06 bits per heavy atom. The minimum Gasteiger partial charge on any atom is -0.360 e. The van der Waals surface area contributed by atoms with Crippen LogP contribution in [0.3, 0.4) is 0 Å². The first kappa shape index (κ1) is 13.4. The average Bonchev–Trinajstić information content (AvgIpc) is 2.98. The van der Waals surface area contributed by atoms with E-state index in [-0.39, 0.29) is 0 Å². The predicted octanol–water partition coefficient (Wildman–Crippen LogP) is 3.83. The van der Waals surface area contributed by atoms with Gasteiger partial charge < -0.3 is 5.32 Å². The van der Waals surface area contributed by atoms with Crippen molar-refractivity contribution in [3.8, 4) is 9.88 Å². The fourth-order valence-electron chi connectivity index (χ4n) is 1.50. The summed E-state index contributed by atoms with van der Waals surface area (Å²) in [6.07, 6.45) is 6.44. The van der Waals surface area contributed by atoms with Crippen LogP contribution in [0.25, 0.3) is 9.88 Å². The number of anilines is 1. The highest BCUT2D eigenvalue weighted by atomic mass is 32.1. The second-order valence-electron chi connectivity index (χ2n) is 4.06. The lowest BCUT2D eigenvalue weighted by atomic mass is 10.3. The molecule has 0 aromatic carbocycles. The Bertz CT molecular complexity index is 478. The molecular formula is C12H18N4S2. The van der Waals surface area contributed by atoms with Crippen molar-refractivity contribution in [3.63, 3.8) is 0 Å². The Kier molecular flexibility index (Phi) is 5.07. The molecule has 98 valence electrons. The lowest BCUT2D eigenvalue weighted by molar-refractivity contribution is 0.831. The SMILES string of the molecule is CCCCNc1nnc(-c2cnc(CCC)s2)s1. The van der Waals surface area contributed by atoms with Crippen LogP contribution in [-0.4, -0.2) is 21.7 Å². The molecule has 0 aliphatic carbocycles. The number of thiazole rings is 1. The standard InChI is InChI=1S/C12H18N4S2/c1-3-5-7-13-12-16-15-11(18-12)9-8-14-10(17-9)6-4-2/h8H,3-7H2,1-2H3,(H,13,16). The van der Waals surface area contributed by atoms with Crippen molar-refractivity contribution in [2.75, 3.05) is 11.9 Å². The van der Waals surface area contributed by atoms with Gasteiger partial charge in [-0.15, -0.1) is 21.5 Å². The van der Waals surface area contributed by atoms with E-state index in [9.17, 15) is 0 Å². The van der Waals surface area contributed by atoms with Crippen LogP contribution >= 0.6 is 22.7 Å². The normalized spacial score (nSPS) is 10.8. The molecule has 2 rings (SSSR count). The Hall–Kier alpha value is -1.01. The van der Waals surface area contributed by atoms with E-state index < -0.39 is 0 Å². The van der Waals surface area contributed by atoms with Crippen LogP contribution in [0.5, 0.6) is 0 Å². The number of hydrogen-bond acceptors (Lipinski definition) is 6. The van der Waals surface area contributed by atoms with Gasteiger partial charge in [0.05, 0.1) is 9.88 Å².